The predicted molar refractivity (Wildman–Crippen MR) is 91.7 cm³/mol. The Kier molecular flexibility index (Phi) is 3.21. The van der Waals surface area contributed by atoms with Crippen LogP contribution in [0.4, 0.5) is 4.79 Å². The van der Waals surface area contributed by atoms with Crippen molar-refractivity contribution in [2.24, 2.45) is 0 Å². The quantitative estimate of drug-likeness (QED) is 0.833. The van der Waals surface area contributed by atoms with Gasteiger partial charge in [0.1, 0.15) is 17.9 Å². The number of benzene rings is 1. The van der Waals surface area contributed by atoms with Gasteiger partial charge in [0.15, 0.2) is 11.5 Å². The number of rotatable bonds is 4. The van der Waals surface area contributed by atoms with Crippen LogP contribution in [0.15, 0.2) is 12.1 Å². The van der Waals surface area contributed by atoms with E-state index < -0.39 is 6.04 Å². The number of fused-ring (bicyclic) bond motifs is 2. The summed E-state index contributed by atoms with van der Waals surface area (Å²) in [4.78, 5) is 25.4. The lowest BCUT2D eigenvalue weighted by atomic mass is 9.87. The largest absolute Gasteiger partial charge is 0.493 e. The Balaban J connectivity index is 1.32. The molecule has 2 aliphatic heterocycles. The van der Waals surface area contributed by atoms with Gasteiger partial charge in [-0.25, -0.2) is 4.79 Å². The summed E-state index contributed by atoms with van der Waals surface area (Å²) in [6.07, 6.45) is 3.56. The number of carbonyl (C=O) groups excluding carboxylic acids is 2. The van der Waals surface area contributed by atoms with Gasteiger partial charge in [-0.1, -0.05) is 0 Å². The molecule has 2 aliphatic carbocycles. The Labute approximate surface area is 151 Å². The molecule has 0 aromatic heterocycles. The second kappa shape index (κ2) is 5.28. The lowest BCUT2D eigenvalue weighted by Gasteiger charge is -2.39. The number of imide groups is 1. The van der Waals surface area contributed by atoms with E-state index in [0.29, 0.717) is 19.4 Å². The second-order valence-electron chi connectivity index (χ2n) is 7.78. The maximum Gasteiger partial charge on any atom is 0.325 e. The van der Waals surface area contributed by atoms with Gasteiger partial charge in [-0.05, 0) is 31.9 Å². The fourth-order valence-corrected chi connectivity index (χ4v) is 4.27. The molecule has 0 unspecified atom stereocenters. The number of carbonyl (C=O) groups is 2. The third-order valence-electron chi connectivity index (χ3n) is 6.08. The first kappa shape index (κ1) is 15.8. The fraction of sp³-hybridized carbons (Fsp3) is 0.579. The first-order valence-electron chi connectivity index (χ1n) is 9.17. The van der Waals surface area contributed by atoms with E-state index in [0.717, 1.165) is 35.7 Å². The molecular weight excluding hydrogens is 336 g/mol. The smallest absolute Gasteiger partial charge is 0.325 e. The molecule has 3 amide bonds. The third kappa shape index (κ3) is 2.12. The number of nitrogens with one attached hydrogen (secondary N) is 1. The summed E-state index contributed by atoms with van der Waals surface area (Å²) >= 11 is 0. The first-order valence-corrected chi connectivity index (χ1v) is 9.17. The van der Waals surface area contributed by atoms with Gasteiger partial charge < -0.3 is 19.5 Å². The average Bonchev–Trinajstić information content (AvgIpc) is 3.20. The number of nitrogens with zero attached hydrogens (tertiary/aromatic N) is 1. The van der Waals surface area contributed by atoms with Crippen molar-refractivity contribution in [2.75, 3.05) is 13.7 Å². The Bertz CT molecular complexity index is 797. The molecule has 26 heavy (non-hydrogen) atoms. The van der Waals surface area contributed by atoms with E-state index >= 15 is 0 Å². The highest BCUT2D eigenvalue weighted by Crippen LogP contribution is 2.61. The first-order chi connectivity index (χ1) is 12.5. The van der Waals surface area contributed by atoms with Crippen molar-refractivity contribution in [3.63, 3.8) is 0 Å². The molecule has 1 aromatic carbocycles. The highest BCUT2D eigenvalue weighted by atomic mass is 16.5. The molecule has 3 fully saturated rings. The Morgan fingerprint density at radius 3 is 2.58 bits per heavy atom. The highest BCUT2D eigenvalue weighted by molar-refractivity contribution is 6.04. The Hall–Kier alpha value is -2.44. The molecule has 7 heteroatoms. The minimum absolute atomic E-state index is 0.00500. The summed E-state index contributed by atoms with van der Waals surface area (Å²) < 4.78 is 17.6. The van der Waals surface area contributed by atoms with Crippen LogP contribution in [0.1, 0.15) is 38.2 Å². The van der Waals surface area contributed by atoms with Gasteiger partial charge in [0.25, 0.3) is 5.91 Å². The molecule has 1 aromatic rings. The lowest BCUT2D eigenvalue weighted by molar-refractivity contribution is -0.131. The topological polar surface area (TPSA) is 77.1 Å². The maximum atomic E-state index is 12.1. The predicted octanol–water partition coefficient (Wildman–Crippen LogP) is 1.97. The number of amides is 3. The van der Waals surface area contributed by atoms with Crippen molar-refractivity contribution < 1.29 is 23.8 Å². The molecule has 5 rings (SSSR count). The molecule has 138 valence electrons. The molecule has 1 spiro atoms. The SMILES string of the molecule is COc1ccc(OC2CC(N3C(=O)N[C@@H](C)C3=O)C2)c2c1OCC21CC1. The van der Waals surface area contributed by atoms with Gasteiger partial charge in [-0.2, -0.15) is 0 Å². The molecular formula is C19H22N2O5. The summed E-state index contributed by atoms with van der Waals surface area (Å²) in [5, 5.41) is 2.66. The van der Waals surface area contributed by atoms with Crippen LogP contribution in [-0.2, 0) is 10.2 Å². The summed E-state index contributed by atoms with van der Waals surface area (Å²) in [5.74, 6) is 2.26. The second-order valence-corrected chi connectivity index (χ2v) is 7.78. The summed E-state index contributed by atoms with van der Waals surface area (Å²) in [7, 11) is 1.65. The molecule has 0 radical (unpaired) electrons. The van der Waals surface area contributed by atoms with E-state index in [9.17, 15) is 9.59 Å². The fourth-order valence-electron chi connectivity index (χ4n) is 4.27. The van der Waals surface area contributed by atoms with E-state index in [2.05, 4.69) is 5.32 Å². The summed E-state index contributed by atoms with van der Waals surface area (Å²) in [6.45, 7) is 2.40. The van der Waals surface area contributed by atoms with Crippen molar-refractivity contribution in [3.05, 3.63) is 17.7 Å². The van der Waals surface area contributed by atoms with E-state index in [1.165, 1.54) is 4.90 Å². The van der Waals surface area contributed by atoms with Gasteiger partial charge in [0.05, 0.1) is 13.7 Å². The van der Waals surface area contributed by atoms with Crippen LogP contribution < -0.4 is 19.5 Å². The van der Waals surface area contributed by atoms with Crippen molar-refractivity contribution >= 4 is 11.9 Å². The molecule has 1 atom stereocenters. The van der Waals surface area contributed by atoms with Crippen molar-refractivity contribution in [1.82, 2.24) is 10.2 Å². The van der Waals surface area contributed by atoms with Crippen LogP contribution in [0.2, 0.25) is 0 Å². The van der Waals surface area contributed by atoms with E-state index in [-0.39, 0.29) is 29.5 Å². The van der Waals surface area contributed by atoms with Gasteiger partial charge in [0, 0.05) is 29.9 Å². The van der Waals surface area contributed by atoms with Crippen LogP contribution in [-0.4, -0.2) is 48.7 Å². The third-order valence-corrected chi connectivity index (χ3v) is 6.08. The standard InChI is InChI=1S/C19H22N2O5/c1-10-17(22)21(18(23)20-10)11-7-12(8-11)26-13-3-4-14(24-2)16-15(13)19(5-6-19)9-25-16/h3-4,10-12H,5-9H2,1-2H3,(H,20,23)/t10-,11?,12?/m0/s1. The normalized spacial score (nSPS) is 30.5. The van der Waals surface area contributed by atoms with Gasteiger partial charge in [-0.15, -0.1) is 0 Å². The van der Waals surface area contributed by atoms with Crippen LogP contribution >= 0.6 is 0 Å². The van der Waals surface area contributed by atoms with Crippen molar-refractivity contribution in [1.29, 1.82) is 0 Å². The minimum atomic E-state index is -0.431. The maximum absolute atomic E-state index is 12.1. The highest BCUT2D eigenvalue weighted by Gasteiger charge is 2.54. The van der Waals surface area contributed by atoms with E-state index in [1.54, 1.807) is 14.0 Å². The average molecular weight is 358 g/mol. The zero-order chi connectivity index (χ0) is 18.1. The zero-order valence-corrected chi connectivity index (χ0v) is 14.9. The number of methoxy groups -OCH3 is 1. The van der Waals surface area contributed by atoms with Crippen LogP contribution in [0.3, 0.4) is 0 Å². The van der Waals surface area contributed by atoms with E-state index in [4.69, 9.17) is 14.2 Å². The Morgan fingerprint density at radius 1 is 1.23 bits per heavy atom. The summed E-state index contributed by atoms with van der Waals surface area (Å²) in [5.41, 5.74) is 1.21. The van der Waals surface area contributed by atoms with Gasteiger partial charge in [0.2, 0.25) is 0 Å². The van der Waals surface area contributed by atoms with Crippen LogP contribution in [0, 0.1) is 0 Å². The summed E-state index contributed by atoms with van der Waals surface area (Å²) in [6, 6.07) is 3.04. The van der Waals surface area contributed by atoms with Crippen molar-refractivity contribution in [3.8, 4) is 17.2 Å². The molecule has 7 nitrogen and oxygen atoms in total. The number of ether oxygens (including phenoxy) is 3. The molecule has 1 N–H and O–H groups in total. The van der Waals surface area contributed by atoms with Gasteiger partial charge in [-0.3, -0.25) is 9.69 Å². The molecule has 2 heterocycles. The Morgan fingerprint density at radius 2 is 1.96 bits per heavy atom. The van der Waals surface area contributed by atoms with Gasteiger partial charge >= 0.3 is 6.03 Å². The zero-order valence-electron chi connectivity index (χ0n) is 14.9. The van der Waals surface area contributed by atoms with Crippen LogP contribution in [0.25, 0.3) is 0 Å². The molecule has 1 saturated heterocycles. The molecule has 2 saturated carbocycles. The minimum Gasteiger partial charge on any atom is -0.493 e. The lowest BCUT2D eigenvalue weighted by Crippen LogP contribution is -2.52. The number of hydrogen-bond acceptors (Lipinski definition) is 5. The number of urea groups is 1. The van der Waals surface area contributed by atoms with E-state index in [1.807, 2.05) is 12.1 Å². The number of hydrogen-bond donors (Lipinski definition) is 1. The molecule has 4 aliphatic rings. The van der Waals surface area contributed by atoms with Crippen LogP contribution in [0.5, 0.6) is 17.2 Å². The van der Waals surface area contributed by atoms with Crippen molar-refractivity contribution in [2.45, 2.75) is 56.2 Å². The molecule has 0 bridgehead atoms. The monoisotopic (exact) mass is 358 g/mol.